The Kier molecular flexibility index (Phi) is 3.20. The van der Waals surface area contributed by atoms with Crippen LogP contribution in [0, 0.1) is 0 Å². The largest absolute Gasteiger partial charge is 0.392 e. The topological polar surface area (TPSA) is 55.8 Å². The molecule has 12 heavy (non-hydrogen) atoms. The molecule has 1 saturated heterocycles. The zero-order chi connectivity index (χ0) is 9.03. The Hall–Kier alpha value is -0.450. The summed E-state index contributed by atoms with van der Waals surface area (Å²) in [7, 11) is 0. The molecule has 0 spiro atoms. The van der Waals surface area contributed by atoms with Gasteiger partial charge in [0.2, 0.25) is 0 Å². The van der Waals surface area contributed by atoms with Crippen molar-refractivity contribution in [1.29, 1.82) is 0 Å². The van der Waals surface area contributed by atoms with Gasteiger partial charge in [-0.25, -0.2) is 0 Å². The van der Waals surface area contributed by atoms with Gasteiger partial charge in [0.15, 0.2) is 5.79 Å². The van der Waals surface area contributed by atoms with E-state index < -0.39 is 11.9 Å². The maximum atomic E-state index is 10.1. The monoisotopic (exact) mass is 174 g/mol. The van der Waals surface area contributed by atoms with Gasteiger partial charge in [-0.2, -0.15) is 0 Å². The van der Waals surface area contributed by atoms with Crippen LogP contribution in [0.3, 0.4) is 0 Å². The molecular formula is C8H14O4. The molecule has 0 bridgehead atoms. The lowest BCUT2D eigenvalue weighted by Gasteiger charge is -2.24. The summed E-state index contributed by atoms with van der Waals surface area (Å²) in [5.41, 5.74) is 0. The Labute approximate surface area is 71.5 Å². The molecule has 1 aliphatic rings. The highest BCUT2D eigenvalue weighted by molar-refractivity contribution is 5.50. The normalized spacial score (nSPS) is 23.8. The first kappa shape index (κ1) is 9.64. The van der Waals surface area contributed by atoms with Crippen LogP contribution in [0.5, 0.6) is 0 Å². The van der Waals surface area contributed by atoms with E-state index in [1.54, 1.807) is 6.92 Å². The maximum Gasteiger partial charge on any atom is 0.168 e. The number of hydrogen-bond acceptors (Lipinski definition) is 4. The molecule has 0 amide bonds. The van der Waals surface area contributed by atoms with Crippen molar-refractivity contribution in [2.24, 2.45) is 0 Å². The second kappa shape index (κ2) is 3.98. The van der Waals surface area contributed by atoms with E-state index in [4.69, 9.17) is 9.47 Å². The summed E-state index contributed by atoms with van der Waals surface area (Å²) in [6, 6.07) is 0. The van der Waals surface area contributed by atoms with E-state index in [1.807, 2.05) is 0 Å². The van der Waals surface area contributed by atoms with E-state index in [2.05, 4.69) is 0 Å². The first-order valence-electron chi connectivity index (χ1n) is 4.06. The van der Waals surface area contributed by atoms with Crippen molar-refractivity contribution in [3.8, 4) is 0 Å². The summed E-state index contributed by atoms with van der Waals surface area (Å²) in [5.74, 6) is -0.692. The summed E-state index contributed by atoms with van der Waals surface area (Å²) in [6.45, 7) is 2.89. The first-order chi connectivity index (χ1) is 5.66. The number of aldehydes is 1. The molecule has 70 valence electrons. The molecule has 0 aromatic carbocycles. The Morgan fingerprint density at radius 3 is 2.67 bits per heavy atom. The zero-order valence-corrected chi connectivity index (χ0v) is 7.16. The molecule has 4 heteroatoms. The Morgan fingerprint density at radius 1 is 1.58 bits per heavy atom. The highest BCUT2D eigenvalue weighted by Crippen LogP contribution is 2.24. The molecule has 0 aromatic rings. The smallest absolute Gasteiger partial charge is 0.168 e. The maximum absolute atomic E-state index is 10.1. The van der Waals surface area contributed by atoms with Gasteiger partial charge >= 0.3 is 0 Å². The Bertz CT molecular complexity index is 151. The molecule has 0 aliphatic carbocycles. The van der Waals surface area contributed by atoms with Gasteiger partial charge in [-0.1, -0.05) is 0 Å². The number of ether oxygens (including phenoxy) is 2. The molecule has 4 nitrogen and oxygen atoms in total. The van der Waals surface area contributed by atoms with Crippen LogP contribution in [0.25, 0.3) is 0 Å². The fourth-order valence-corrected chi connectivity index (χ4v) is 1.30. The number of hydrogen-bond donors (Lipinski definition) is 1. The average Bonchev–Trinajstić information content (AvgIpc) is 2.36. The van der Waals surface area contributed by atoms with Crippen molar-refractivity contribution in [2.75, 3.05) is 13.2 Å². The highest BCUT2D eigenvalue weighted by atomic mass is 16.7. The standard InChI is InChI=1S/C8H14O4/c1-8(11-4-5-12-8)6-7(10)2-3-9/h3,7,10H,2,4-6H2,1H3/t7-/m0/s1. The molecule has 0 unspecified atom stereocenters. The average molecular weight is 174 g/mol. The van der Waals surface area contributed by atoms with Crippen molar-refractivity contribution in [3.05, 3.63) is 0 Å². The van der Waals surface area contributed by atoms with Gasteiger partial charge in [0.05, 0.1) is 19.3 Å². The van der Waals surface area contributed by atoms with Crippen molar-refractivity contribution in [2.45, 2.75) is 31.7 Å². The second-order valence-electron chi connectivity index (χ2n) is 3.09. The molecular weight excluding hydrogens is 160 g/mol. The van der Waals surface area contributed by atoms with Gasteiger partial charge in [-0.05, 0) is 6.92 Å². The van der Waals surface area contributed by atoms with Crippen molar-refractivity contribution in [1.82, 2.24) is 0 Å². The van der Waals surface area contributed by atoms with Gasteiger partial charge in [0, 0.05) is 12.8 Å². The van der Waals surface area contributed by atoms with Crippen LogP contribution >= 0.6 is 0 Å². The second-order valence-corrected chi connectivity index (χ2v) is 3.09. The quantitative estimate of drug-likeness (QED) is 0.614. The third-order valence-electron chi connectivity index (χ3n) is 1.87. The third-order valence-corrected chi connectivity index (χ3v) is 1.87. The summed E-state index contributed by atoms with van der Waals surface area (Å²) in [5, 5.41) is 9.28. The minimum atomic E-state index is -0.692. The summed E-state index contributed by atoms with van der Waals surface area (Å²) >= 11 is 0. The van der Waals surface area contributed by atoms with E-state index >= 15 is 0 Å². The number of rotatable bonds is 4. The van der Waals surface area contributed by atoms with Crippen LogP contribution < -0.4 is 0 Å². The molecule has 1 heterocycles. The van der Waals surface area contributed by atoms with E-state index in [1.165, 1.54) is 0 Å². The molecule has 1 aliphatic heterocycles. The zero-order valence-electron chi connectivity index (χ0n) is 7.16. The molecule has 0 aromatic heterocycles. The minimum absolute atomic E-state index is 0.141. The van der Waals surface area contributed by atoms with Gasteiger partial charge in [-0.3, -0.25) is 0 Å². The summed E-state index contributed by atoms with van der Waals surface area (Å²) in [6.07, 6.45) is 0.530. The fraction of sp³-hybridized carbons (Fsp3) is 0.875. The molecule has 1 rings (SSSR count). The number of aliphatic hydroxyl groups is 1. The fourth-order valence-electron chi connectivity index (χ4n) is 1.30. The van der Waals surface area contributed by atoms with Crippen LogP contribution in [-0.2, 0) is 14.3 Å². The molecule has 1 N–H and O–H groups in total. The minimum Gasteiger partial charge on any atom is -0.392 e. The summed E-state index contributed by atoms with van der Waals surface area (Å²) < 4.78 is 10.5. The molecule has 0 radical (unpaired) electrons. The van der Waals surface area contributed by atoms with Crippen molar-refractivity contribution >= 4 is 6.29 Å². The lowest BCUT2D eigenvalue weighted by atomic mass is 10.1. The van der Waals surface area contributed by atoms with Gasteiger partial charge in [-0.15, -0.1) is 0 Å². The van der Waals surface area contributed by atoms with Crippen LogP contribution in [0.4, 0.5) is 0 Å². The predicted molar refractivity (Wildman–Crippen MR) is 41.6 cm³/mol. The van der Waals surface area contributed by atoms with E-state index in [9.17, 15) is 9.90 Å². The van der Waals surface area contributed by atoms with E-state index in [0.717, 1.165) is 0 Å². The number of carbonyl (C=O) groups excluding carboxylic acids is 1. The van der Waals surface area contributed by atoms with Gasteiger partial charge in [0.25, 0.3) is 0 Å². The van der Waals surface area contributed by atoms with Crippen molar-refractivity contribution in [3.63, 3.8) is 0 Å². The van der Waals surface area contributed by atoms with Crippen LogP contribution in [0.2, 0.25) is 0 Å². The van der Waals surface area contributed by atoms with E-state index in [-0.39, 0.29) is 6.42 Å². The third kappa shape index (κ3) is 2.55. The lowest BCUT2D eigenvalue weighted by Crippen LogP contribution is -2.31. The van der Waals surface area contributed by atoms with E-state index in [0.29, 0.717) is 25.9 Å². The highest BCUT2D eigenvalue weighted by Gasteiger charge is 2.33. The lowest BCUT2D eigenvalue weighted by molar-refractivity contribution is -0.163. The molecule has 0 saturated carbocycles. The number of carbonyl (C=O) groups is 1. The Balaban J connectivity index is 2.32. The van der Waals surface area contributed by atoms with Crippen molar-refractivity contribution < 1.29 is 19.4 Å². The van der Waals surface area contributed by atoms with Crippen LogP contribution in [0.15, 0.2) is 0 Å². The molecule has 1 atom stereocenters. The van der Waals surface area contributed by atoms with Crippen LogP contribution in [-0.4, -0.2) is 36.5 Å². The number of aliphatic hydroxyl groups excluding tert-OH is 1. The Morgan fingerprint density at radius 2 is 2.17 bits per heavy atom. The van der Waals surface area contributed by atoms with Gasteiger partial charge in [0.1, 0.15) is 6.29 Å². The molecule has 1 fully saturated rings. The first-order valence-corrected chi connectivity index (χ1v) is 4.06. The predicted octanol–water partition coefficient (Wildman–Crippen LogP) is 0.0894. The summed E-state index contributed by atoms with van der Waals surface area (Å²) in [4.78, 5) is 10.1. The van der Waals surface area contributed by atoms with Crippen LogP contribution in [0.1, 0.15) is 19.8 Å². The SMILES string of the molecule is CC1(C[C@@H](O)CC=O)OCCO1. The van der Waals surface area contributed by atoms with Gasteiger partial charge < -0.3 is 19.4 Å².